The number of benzene rings is 2. The highest BCUT2D eigenvalue weighted by Crippen LogP contribution is 2.20. The molecule has 0 radical (unpaired) electrons. The highest BCUT2D eigenvalue weighted by molar-refractivity contribution is 7.99. The van der Waals surface area contributed by atoms with Crippen LogP contribution in [0.3, 0.4) is 0 Å². The predicted molar refractivity (Wildman–Crippen MR) is 103 cm³/mol. The molecule has 2 aromatic carbocycles. The van der Waals surface area contributed by atoms with Gasteiger partial charge in [-0.2, -0.15) is 0 Å². The molecule has 4 nitrogen and oxygen atoms in total. The van der Waals surface area contributed by atoms with E-state index in [0.717, 1.165) is 0 Å². The molecule has 1 aromatic heterocycles. The largest absolute Gasteiger partial charge is 0.293 e. The Kier molecular flexibility index (Phi) is 5.36. The molecule has 0 aliphatic rings. The molecule has 0 unspecified atom stereocenters. The van der Waals surface area contributed by atoms with Crippen molar-refractivity contribution >= 4 is 40.0 Å². The van der Waals surface area contributed by atoms with Gasteiger partial charge in [0.1, 0.15) is 0 Å². The molecule has 1 heterocycles. The highest BCUT2D eigenvalue weighted by Gasteiger charge is 2.13. The molecule has 0 amide bonds. The zero-order valence-electron chi connectivity index (χ0n) is 13.3. The van der Waals surface area contributed by atoms with Crippen LogP contribution in [-0.4, -0.2) is 21.1 Å². The summed E-state index contributed by atoms with van der Waals surface area (Å²) in [6.45, 7) is 4.03. The first-order valence-corrected chi connectivity index (χ1v) is 8.98. The molecule has 0 N–H and O–H groups in total. The van der Waals surface area contributed by atoms with Crippen LogP contribution in [-0.2, 0) is 6.54 Å². The Balaban J connectivity index is 1.92. The van der Waals surface area contributed by atoms with Crippen LogP contribution in [0.4, 0.5) is 0 Å². The summed E-state index contributed by atoms with van der Waals surface area (Å²) >= 11 is 7.17. The van der Waals surface area contributed by atoms with Crippen LogP contribution >= 0.6 is 23.4 Å². The Bertz CT molecular complexity index is 1010. The van der Waals surface area contributed by atoms with E-state index in [1.165, 1.54) is 16.3 Å². The van der Waals surface area contributed by atoms with E-state index in [1.54, 1.807) is 48.5 Å². The Morgan fingerprint density at radius 1 is 1.24 bits per heavy atom. The summed E-state index contributed by atoms with van der Waals surface area (Å²) in [5, 5.41) is 1.57. The van der Waals surface area contributed by atoms with Gasteiger partial charge in [0.25, 0.3) is 5.56 Å². The molecule has 3 rings (SSSR count). The summed E-state index contributed by atoms with van der Waals surface area (Å²) in [5.41, 5.74) is 1.02. The van der Waals surface area contributed by atoms with Crippen LogP contribution in [0.25, 0.3) is 10.9 Å². The third-order valence-electron chi connectivity index (χ3n) is 3.62. The fraction of sp³-hybridized carbons (Fsp3) is 0.105. The maximum Gasteiger partial charge on any atom is 0.262 e. The number of thioether (sulfide) groups is 1. The smallest absolute Gasteiger partial charge is 0.262 e. The number of hydrogen-bond acceptors (Lipinski definition) is 4. The number of Topliss-reactive ketones (excluding diaryl/α,β-unsaturated/α-hetero) is 1. The lowest BCUT2D eigenvalue weighted by atomic mass is 10.1. The molecule has 6 heteroatoms. The maximum absolute atomic E-state index is 12.7. The summed E-state index contributed by atoms with van der Waals surface area (Å²) in [5.74, 6) is 0.0995. The summed E-state index contributed by atoms with van der Waals surface area (Å²) in [4.78, 5) is 29.6. The standard InChI is InChI=1S/C19H15ClN2O2S/c1-2-10-22-18(24)15-8-3-4-9-16(15)21-19(22)25-12-17(23)13-6-5-7-14(20)11-13/h2-9,11H,1,10,12H2. The first-order chi connectivity index (χ1) is 12.1. The molecule has 0 fully saturated rings. The van der Waals surface area contributed by atoms with Gasteiger partial charge in [0.2, 0.25) is 0 Å². The van der Waals surface area contributed by atoms with Crippen LogP contribution in [0.2, 0.25) is 5.02 Å². The minimum absolute atomic E-state index is 0.0694. The van der Waals surface area contributed by atoms with Gasteiger partial charge >= 0.3 is 0 Å². The maximum atomic E-state index is 12.7. The molecule has 3 aromatic rings. The van der Waals surface area contributed by atoms with Gasteiger partial charge in [-0.3, -0.25) is 14.2 Å². The SMILES string of the molecule is C=CCn1c(SCC(=O)c2cccc(Cl)c2)nc2ccccc2c1=O. The van der Waals surface area contributed by atoms with Crippen LogP contribution in [0, 0.1) is 0 Å². The Hall–Kier alpha value is -2.37. The van der Waals surface area contributed by atoms with Gasteiger partial charge in [0.15, 0.2) is 10.9 Å². The third kappa shape index (κ3) is 3.83. The van der Waals surface area contributed by atoms with E-state index in [4.69, 9.17) is 11.6 Å². The van der Waals surface area contributed by atoms with Crippen molar-refractivity contribution in [3.8, 4) is 0 Å². The zero-order valence-corrected chi connectivity index (χ0v) is 14.9. The Morgan fingerprint density at radius 2 is 2.04 bits per heavy atom. The number of para-hydroxylation sites is 1. The third-order valence-corrected chi connectivity index (χ3v) is 4.83. The molecule has 0 saturated heterocycles. The number of allylic oxidation sites excluding steroid dienone is 1. The van der Waals surface area contributed by atoms with Crippen molar-refractivity contribution in [3.63, 3.8) is 0 Å². The molecule has 126 valence electrons. The second-order valence-electron chi connectivity index (χ2n) is 5.34. The fourth-order valence-electron chi connectivity index (χ4n) is 2.42. The van der Waals surface area contributed by atoms with Crippen molar-refractivity contribution < 1.29 is 4.79 Å². The lowest BCUT2D eigenvalue weighted by molar-refractivity contribution is 0.102. The number of rotatable bonds is 6. The number of carbonyl (C=O) groups excluding carboxylic acids is 1. The van der Waals surface area contributed by atoms with E-state index < -0.39 is 0 Å². The number of halogens is 1. The van der Waals surface area contributed by atoms with E-state index in [2.05, 4.69) is 11.6 Å². The van der Waals surface area contributed by atoms with Crippen molar-refractivity contribution in [2.45, 2.75) is 11.7 Å². The van der Waals surface area contributed by atoms with Gasteiger partial charge in [0, 0.05) is 17.1 Å². The normalized spacial score (nSPS) is 10.8. The summed E-state index contributed by atoms with van der Waals surface area (Å²) in [6.07, 6.45) is 1.64. The minimum Gasteiger partial charge on any atom is -0.293 e. The van der Waals surface area contributed by atoms with E-state index in [0.29, 0.717) is 33.2 Å². The highest BCUT2D eigenvalue weighted by atomic mass is 35.5. The zero-order chi connectivity index (χ0) is 17.8. The lowest BCUT2D eigenvalue weighted by Crippen LogP contribution is -2.23. The molecule has 0 aliphatic carbocycles. The summed E-state index contributed by atoms with van der Waals surface area (Å²) in [7, 11) is 0. The first kappa shape index (κ1) is 17.5. The van der Waals surface area contributed by atoms with Crippen molar-refractivity contribution in [2.24, 2.45) is 0 Å². The van der Waals surface area contributed by atoms with Crippen LogP contribution < -0.4 is 5.56 Å². The van der Waals surface area contributed by atoms with Crippen LogP contribution in [0.1, 0.15) is 10.4 Å². The van der Waals surface area contributed by atoms with Crippen LogP contribution in [0.15, 0.2) is 71.1 Å². The molecular formula is C19H15ClN2O2S. The van der Waals surface area contributed by atoms with Gasteiger partial charge in [-0.15, -0.1) is 6.58 Å². The molecule has 0 aliphatic heterocycles. The van der Waals surface area contributed by atoms with Crippen molar-refractivity contribution in [1.82, 2.24) is 9.55 Å². The number of fused-ring (bicyclic) bond motifs is 1. The number of carbonyl (C=O) groups is 1. The molecule has 0 saturated carbocycles. The van der Waals surface area contributed by atoms with E-state index in [1.807, 2.05) is 6.07 Å². The minimum atomic E-state index is -0.136. The Morgan fingerprint density at radius 3 is 2.80 bits per heavy atom. The summed E-state index contributed by atoms with van der Waals surface area (Å²) in [6, 6.07) is 14.0. The lowest BCUT2D eigenvalue weighted by Gasteiger charge is -2.11. The van der Waals surface area contributed by atoms with Crippen molar-refractivity contribution in [1.29, 1.82) is 0 Å². The first-order valence-electron chi connectivity index (χ1n) is 7.62. The van der Waals surface area contributed by atoms with E-state index >= 15 is 0 Å². The number of aromatic nitrogens is 2. The van der Waals surface area contributed by atoms with Gasteiger partial charge < -0.3 is 0 Å². The van der Waals surface area contributed by atoms with Crippen molar-refractivity contribution in [3.05, 3.63) is 82.1 Å². The second-order valence-corrected chi connectivity index (χ2v) is 6.72. The molecule has 0 bridgehead atoms. The molecular weight excluding hydrogens is 356 g/mol. The second kappa shape index (κ2) is 7.68. The monoisotopic (exact) mass is 370 g/mol. The van der Waals surface area contributed by atoms with Gasteiger partial charge in [-0.05, 0) is 24.3 Å². The number of hydrogen-bond donors (Lipinski definition) is 0. The van der Waals surface area contributed by atoms with Gasteiger partial charge in [0.05, 0.1) is 16.7 Å². The fourth-order valence-corrected chi connectivity index (χ4v) is 3.52. The molecule has 0 spiro atoms. The Labute approximate surface area is 154 Å². The average Bonchev–Trinajstić information content (AvgIpc) is 2.62. The average molecular weight is 371 g/mol. The van der Waals surface area contributed by atoms with Gasteiger partial charge in [-0.1, -0.05) is 53.7 Å². The number of nitrogens with zero attached hydrogens (tertiary/aromatic N) is 2. The quantitative estimate of drug-likeness (QED) is 0.282. The van der Waals surface area contributed by atoms with E-state index in [9.17, 15) is 9.59 Å². The van der Waals surface area contributed by atoms with Gasteiger partial charge in [-0.25, -0.2) is 4.98 Å². The number of ketones is 1. The predicted octanol–water partition coefficient (Wildman–Crippen LogP) is 4.21. The molecule has 25 heavy (non-hydrogen) atoms. The molecule has 0 atom stereocenters. The topological polar surface area (TPSA) is 52.0 Å². The summed E-state index contributed by atoms with van der Waals surface area (Å²) < 4.78 is 1.53. The van der Waals surface area contributed by atoms with E-state index in [-0.39, 0.29) is 17.1 Å². The van der Waals surface area contributed by atoms with Crippen molar-refractivity contribution in [2.75, 3.05) is 5.75 Å². The van der Waals surface area contributed by atoms with Crippen LogP contribution in [0.5, 0.6) is 0 Å².